The van der Waals surface area contributed by atoms with Gasteiger partial charge in [-0.1, -0.05) is 0 Å². The van der Waals surface area contributed by atoms with E-state index in [2.05, 4.69) is 57.9 Å². The summed E-state index contributed by atoms with van der Waals surface area (Å²) in [6.45, 7) is 16.0. The number of rotatable bonds is 7. The van der Waals surface area contributed by atoms with Gasteiger partial charge in [-0.25, -0.2) is 0 Å². The van der Waals surface area contributed by atoms with Crippen LogP contribution in [0.4, 0.5) is 0 Å². The van der Waals surface area contributed by atoms with Crippen LogP contribution >= 0.6 is 0 Å². The molecule has 0 aliphatic rings. The molecule has 0 rings (SSSR count). The molecule has 102 valence electrons. The summed E-state index contributed by atoms with van der Waals surface area (Å²) in [5, 5.41) is 0.313. The van der Waals surface area contributed by atoms with Gasteiger partial charge in [0.05, 0.1) is 0 Å². The van der Waals surface area contributed by atoms with E-state index in [0.717, 1.165) is 0 Å². The van der Waals surface area contributed by atoms with Gasteiger partial charge in [-0.05, 0) is 0 Å². The van der Waals surface area contributed by atoms with Gasteiger partial charge in [0.25, 0.3) is 0 Å². The Kier molecular flexibility index (Phi) is 8.33. The zero-order valence-electron chi connectivity index (χ0n) is 12.7. The first-order valence-electron chi connectivity index (χ1n) is 6.67. The Morgan fingerprint density at radius 3 is 2.35 bits per heavy atom. The van der Waals surface area contributed by atoms with Crippen molar-refractivity contribution in [2.75, 3.05) is 0 Å². The van der Waals surface area contributed by atoms with Crippen LogP contribution in [0.5, 0.6) is 0 Å². The zero-order chi connectivity index (χ0) is 13.5. The van der Waals surface area contributed by atoms with Gasteiger partial charge < -0.3 is 0 Å². The van der Waals surface area contributed by atoms with Crippen LogP contribution in [-0.2, 0) is 4.43 Å². The fourth-order valence-electron chi connectivity index (χ4n) is 1.14. The summed E-state index contributed by atoms with van der Waals surface area (Å²) in [6, 6.07) is 0. The Bertz CT molecular complexity index is 231. The number of hydrogen-bond acceptors (Lipinski definition) is 1. The zero-order valence-corrected chi connectivity index (χ0v) is 16.0. The quantitative estimate of drug-likeness (QED) is 0.461. The van der Waals surface area contributed by atoms with Crippen molar-refractivity contribution in [3.63, 3.8) is 0 Å². The Hall–Kier alpha value is 0.706. The monoisotopic (exact) mass is 372 g/mol. The third-order valence-electron chi connectivity index (χ3n) is 3.35. The molecule has 0 aliphatic heterocycles. The molecular formula is C14H30OSiTe. The van der Waals surface area contributed by atoms with Crippen molar-refractivity contribution in [2.45, 2.75) is 76.2 Å². The Morgan fingerprint density at radius 1 is 1.29 bits per heavy atom. The van der Waals surface area contributed by atoms with Crippen molar-refractivity contribution < 1.29 is 4.43 Å². The maximum absolute atomic E-state index is 6.28. The molecule has 1 nitrogen and oxygen atoms in total. The van der Waals surface area contributed by atoms with Crippen molar-refractivity contribution >= 4 is 29.2 Å². The first-order valence-corrected chi connectivity index (χ1v) is 12.6. The summed E-state index contributed by atoms with van der Waals surface area (Å²) < 4.78 is 10.1. The van der Waals surface area contributed by atoms with E-state index in [1.807, 2.05) is 0 Å². The summed E-state index contributed by atoms with van der Waals surface area (Å²) >= 11 is 0.0999. The summed E-state index contributed by atoms with van der Waals surface area (Å²) in [5.74, 6) is 0. The Labute approximate surface area is 120 Å². The van der Waals surface area contributed by atoms with Crippen LogP contribution < -0.4 is 0 Å². The first-order chi connectivity index (χ1) is 7.70. The van der Waals surface area contributed by atoms with E-state index in [-0.39, 0.29) is 20.9 Å². The predicted molar refractivity (Wildman–Crippen MR) is 82.4 cm³/mol. The molecule has 17 heavy (non-hydrogen) atoms. The van der Waals surface area contributed by atoms with Crippen molar-refractivity contribution in [3.05, 3.63) is 10.2 Å². The minimum atomic E-state index is -1.58. The van der Waals surface area contributed by atoms with E-state index in [0.29, 0.717) is 11.1 Å². The molecule has 0 saturated heterocycles. The Morgan fingerprint density at radius 2 is 1.88 bits per heavy atom. The molecule has 0 radical (unpaired) electrons. The second-order valence-corrected chi connectivity index (χ2v) is 13.8. The molecule has 3 heteroatoms. The molecule has 0 heterocycles. The van der Waals surface area contributed by atoms with Gasteiger partial charge in [0.15, 0.2) is 0 Å². The predicted octanol–water partition coefficient (Wildman–Crippen LogP) is 4.83. The molecule has 0 N–H and O–H groups in total. The van der Waals surface area contributed by atoms with Crippen molar-refractivity contribution in [1.82, 2.24) is 0 Å². The van der Waals surface area contributed by atoms with E-state index < -0.39 is 8.32 Å². The van der Waals surface area contributed by atoms with E-state index in [1.54, 1.807) is 0 Å². The van der Waals surface area contributed by atoms with Crippen LogP contribution in [0.15, 0.2) is 10.2 Å². The molecular weight excluding hydrogens is 340 g/mol. The van der Waals surface area contributed by atoms with Crippen molar-refractivity contribution in [3.8, 4) is 0 Å². The van der Waals surface area contributed by atoms with Crippen LogP contribution in [0.3, 0.4) is 0 Å². The number of unbranched alkanes of at least 4 members (excludes halogenated alkanes) is 1. The Balaban J connectivity index is 4.05. The second-order valence-electron chi connectivity index (χ2n) is 6.14. The molecule has 0 aromatic carbocycles. The third kappa shape index (κ3) is 7.67. The summed E-state index contributed by atoms with van der Waals surface area (Å²) in [7, 11) is -1.58. The molecule has 0 saturated carbocycles. The van der Waals surface area contributed by atoms with Crippen LogP contribution in [-0.4, -0.2) is 35.3 Å². The summed E-state index contributed by atoms with van der Waals surface area (Å²) in [4.78, 5) is 0. The molecule has 0 fully saturated rings. The van der Waals surface area contributed by atoms with Crippen molar-refractivity contribution in [2.24, 2.45) is 0 Å². The summed E-state index contributed by atoms with van der Waals surface area (Å²) in [5.41, 5.74) is 0. The van der Waals surface area contributed by atoms with Gasteiger partial charge >= 0.3 is 120 Å². The SMILES string of the molecule is CCCC[Te]/C=C\C(C)O[Si](C)(C)C(C)(C)C. The molecule has 0 bridgehead atoms. The van der Waals surface area contributed by atoms with E-state index in [1.165, 1.54) is 17.3 Å². The standard InChI is InChI=1S/C14H30OSiTe/c1-8-9-11-17-12-10-13(2)15-16(6,7)14(3,4)5/h10,12-13H,8-9,11H2,1-7H3/b12-10-. The van der Waals surface area contributed by atoms with Crippen LogP contribution in [0.2, 0.25) is 22.6 Å². The number of hydrogen-bond donors (Lipinski definition) is 0. The van der Waals surface area contributed by atoms with Gasteiger partial charge in [0.2, 0.25) is 0 Å². The molecule has 0 amide bonds. The van der Waals surface area contributed by atoms with Gasteiger partial charge in [-0.15, -0.1) is 0 Å². The van der Waals surface area contributed by atoms with E-state index >= 15 is 0 Å². The molecule has 1 atom stereocenters. The van der Waals surface area contributed by atoms with Crippen molar-refractivity contribution in [1.29, 1.82) is 0 Å². The van der Waals surface area contributed by atoms with Crippen LogP contribution in [0.1, 0.15) is 47.5 Å². The molecule has 0 aromatic heterocycles. The first kappa shape index (κ1) is 17.7. The van der Waals surface area contributed by atoms with E-state index in [4.69, 9.17) is 4.43 Å². The van der Waals surface area contributed by atoms with Gasteiger partial charge in [-0.3, -0.25) is 0 Å². The maximum atomic E-state index is 6.28. The molecule has 0 aromatic rings. The fourth-order valence-corrected chi connectivity index (χ4v) is 5.14. The van der Waals surface area contributed by atoms with Gasteiger partial charge in [0, 0.05) is 0 Å². The van der Waals surface area contributed by atoms with Crippen LogP contribution in [0, 0.1) is 0 Å². The fraction of sp³-hybridized carbons (Fsp3) is 0.857. The normalized spacial score (nSPS) is 15.5. The van der Waals surface area contributed by atoms with Gasteiger partial charge in [-0.2, -0.15) is 0 Å². The minimum absolute atomic E-state index is 0.0999. The average Bonchev–Trinajstić information content (AvgIpc) is 2.14. The van der Waals surface area contributed by atoms with E-state index in [9.17, 15) is 0 Å². The molecule has 1 unspecified atom stereocenters. The van der Waals surface area contributed by atoms with Gasteiger partial charge in [0.1, 0.15) is 0 Å². The molecule has 0 spiro atoms. The second kappa shape index (κ2) is 7.99. The molecule has 0 aliphatic carbocycles. The van der Waals surface area contributed by atoms with Crippen LogP contribution in [0.25, 0.3) is 0 Å². The topological polar surface area (TPSA) is 9.23 Å². The average molecular weight is 370 g/mol. The summed E-state index contributed by atoms with van der Waals surface area (Å²) in [6.07, 6.45) is 5.31. The third-order valence-corrected chi connectivity index (χ3v) is 10.4.